The van der Waals surface area contributed by atoms with Crippen LogP contribution in [0.2, 0.25) is 0 Å². The average Bonchev–Trinajstić information content (AvgIpc) is 3.37. The fourth-order valence-corrected chi connectivity index (χ4v) is 9.29. The molecule has 228 valence electrons. The van der Waals surface area contributed by atoms with Crippen molar-refractivity contribution in [3.63, 3.8) is 0 Å². The number of fused-ring (bicyclic) bond motifs is 3. The smallest absolute Gasteiger partial charge is 0.197 e. The number of carbonyl (C=O) groups is 1. The van der Waals surface area contributed by atoms with E-state index in [2.05, 4.69) is 13.8 Å². The van der Waals surface area contributed by atoms with E-state index in [1.54, 1.807) is 13.0 Å². The molecule has 0 bridgehead atoms. The van der Waals surface area contributed by atoms with Crippen molar-refractivity contribution >= 4 is 39.4 Å². The molecule has 1 aromatic heterocycles. The molecule has 1 aliphatic rings. The third-order valence-corrected chi connectivity index (χ3v) is 11.7. The molecule has 0 saturated heterocycles. The molecule has 0 spiro atoms. The Bertz CT molecular complexity index is 1830. The largest absolute Gasteiger partial charge is 0.460 e. The third kappa shape index (κ3) is 5.72. The molecule has 7 heteroatoms. The second-order valence-electron chi connectivity index (χ2n) is 10.9. The Morgan fingerprint density at radius 1 is 0.795 bits per heavy atom. The first kappa shape index (κ1) is 32.0. The third-order valence-electron chi connectivity index (χ3n) is 8.02. The normalized spacial score (nSPS) is 13.7. The molecule has 1 aliphatic heterocycles. The number of aryl methyl sites for hydroxylation is 4. The van der Waals surface area contributed by atoms with Crippen molar-refractivity contribution < 1.29 is 22.4 Å². The Labute approximate surface area is 264 Å². The lowest BCUT2D eigenvalue weighted by molar-refractivity contribution is 0.103. The molecule has 1 unspecified atom stereocenters. The Balaban J connectivity index is 0.00000188. The lowest BCUT2D eigenvalue weighted by Gasteiger charge is -2.20. The number of hydrogen-bond acceptors (Lipinski definition) is 3. The zero-order valence-corrected chi connectivity index (χ0v) is 27.7. The van der Waals surface area contributed by atoms with E-state index in [4.69, 9.17) is 4.42 Å². The highest BCUT2D eigenvalue weighted by Gasteiger charge is 2.40. The van der Waals surface area contributed by atoms with Crippen molar-refractivity contribution in [2.45, 2.75) is 92.2 Å². The maximum Gasteiger partial charge on any atom is 0.197 e. The Hall–Kier alpha value is -3.42. The van der Waals surface area contributed by atoms with E-state index in [9.17, 15) is 18.0 Å². The topological polar surface area (TPSA) is 30.2 Å². The summed E-state index contributed by atoms with van der Waals surface area (Å²) in [5.41, 5.74) is 5.50. The van der Waals surface area contributed by atoms with Gasteiger partial charge in [-0.25, -0.2) is 13.2 Å². The van der Waals surface area contributed by atoms with Crippen LogP contribution >= 0.6 is 11.8 Å². The van der Waals surface area contributed by atoms with Crippen LogP contribution in [0.1, 0.15) is 77.5 Å². The number of halogens is 3. The zero-order chi connectivity index (χ0) is 31.9. The van der Waals surface area contributed by atoms with Gasteiger partial charge in [-0.15, -0.1) is 0 Å². The first-order chi connectivity index (χ1) is 21.1. The lowest BCUT2D eigenvalue weighted by Crippen LogP contribution is -2.13. The molecule has 2 nitrogen and oxygen atoms in total. The van der Waals surface area contributed by atoms with E-state index in [0.717, 1.165) is 39.3 Å². The predicted molar refractivity (Wildman–Crippen MR) is 174 cm³/mol. The van der Waals surface area contributed by atoms with Gasteiger partial charge in [-0.3, -0.25) is 4.79 Å². The maximum absolute atomic E-state index is 14.9. The van der Waals surface area contributed by atoms with Crippen LogP contribution in [-0.2, 0) is 17.3 Å². The highest BCUT2D eigenvalue weighted by molar-refractivity contribution is 8.04. The van der Waals surface area contributed by atoms with Crippen LogP contribution in [0.15, 0.2) is 83.5 Å². The Kier molecular flexibility index (Phi) is 9.38. The summed E-state index contributed by atoms with van der Waals surface area (Å²) in [4.78, 5) is 17.5. The number of benzene rings is 4. The first-order valence-corrected chi connectivity index (χ1v) is 17.0. The number of ketones is 1. The molecule has 4 aromatic carbocycles. The zero-order valence-electron chi connectivity index (χ0n) is 26.1. The van der Waals surface area contributed by atoms with Crippen molar-refractivity contribution in [1.82, 2.24) is 0 Å². The van der Waals surface area contributed by atoms with Gasteiger partial charge in [0.1, 0.15) is 28.1 Å². The minimum absolute atomic E-state index is 0.0823. The highest BCUT2D eigenvalue weighted by Crippen LogP contribution is 2.50. The molecule has 0 amide bonds. The Morgan fingerprint density at radius 2 is 1.41 bits per heavy atom. The molecule has 6 rings (SSSR count). The SMILES string of the molecule is CC.CCCCc1oc2cc([S+]3c4cc(F)c(C)cc4Sc4cc(F)c(F)cc43)ccc2c1C(=O)c1cc(C)c(C)c(C)c1. The quantitative estimate of drug-likeness (QED) is 0.135. The van der Waals surface area contributed by atoms with Gasteiger partial charge in [0.05, 0.1) is 15.4 Å². The van der Waals surface area contributed by atoms with Crippen molar-refractivity contribution in [2.75, 3.05) is 0 Å². The van der Waals surface area contributed by atoms with Crippen molar-refractivity contribution in [1.29, 1.82) is 0 Å². The fourth-order valence-electron chi connectivity index (χ4n) is 5.44. The van der Waals surface area contributed by atoms with E-state index in [1.165, 1.54) is 30.0 Å². The van der Waals surface area contributed by atoms with Crippen LogP contribution in [0.4, 0.5) is 13.2 Å². The number of hydrogen-bond donors (Lipinski definition) is 0. The summed E-state index contributed by atoms with van der Waals surface area (Å²) in [5, 5.41) is 0.710. The van der Waals surface area contributed by atoms with Crippen LogP contribution < -0.4 is 0 Å². The van der Waals surface area contributed by atoms with Gasteiger partial charge >= 0.3 is 0 Å². The van der Waals surface area contributed by atoms with Crippen molar-refractivity contribution in [3.8, 4) is 0 Å². The average molecular weight is 634 g/mol. The predicted octanol–water partition coefficient (Wildman–Crippen LogP) is 11.2. The number of rotatable bonds is 6. The van der Waals surface area contributed by atoms with Gasteiger partial charge in [0.2, 0.25) is 0 Å². The van der Waals surface area contributed by atoms with E-state index in [1.807, 2.05) is 58.0 Å². The van der Waals surface area contributed by atoms with Gasteiger partial charge in [0.15, 0.2) is 32.1 Å². The van der Waals surface area contributed by atoms with Gasteiger partial charge in [0, 0.05) is 35.6 Å². The molecule has 1 atom stereocenters. The fraction of sp³-hybridized carbons (Fsp3) is 0.270. The molecule has 2 heterocycles. The number of carbonyl (C=O) groups excluding carboxylic acids is 1. The maximum atomic E-state index is 14.9. The summed E-state index contributed by atoms with van der Waals surface area (Å²) >= 11 is 1.32. The number of furan rings is 1. The van der Waals surface area contributed by atoms with E-state index in [0.29, 0.717) is 54.5 Å². The van der Waals surface area contributed by atoms with Gasteiger partial charge in [-0.1, -0.05) is 39.0 Å². The molecular formula is C37H36F3O2S2+. The van der Waals surface area contributed by atoms with Crippen LogP contribution in [0.5, 0.6) is 0 Å². The molecule has 5 aromatic rings. The van der Waals surface area contributed by atoms with Crippen molar-refractivity contribution in [2.24, 2.45) is 0 Å². The minimum atomic E-state index is -0.944. The van der Waals surface area contributed by atoms with E-state index >= 15 is 0 Å². The van der Waals surface area contributed by atoms with Crippen molar-refractivity contribution in [3.05, 3.63) is 111 Å². The van der Waals surface area contributed by atoms with Gasteiger partial charge in [-0.05, 0) is 92.8 Å². The van der Waals surface area contributed by atoms with Gasteiger partial charge in [-0.2, -0.15) is 0 Å². The van der Waals surface area contributed by atoms with Crippen LogP contribution in [0.25, 0.3) is 11.0 Å². The summed E-state index contributed by atoms with van der Waals surface area (Å²) in [6, 6.07) is 15.2. The van der Waals surface area contributed by atoms with E-state index < -0.39 is 22.5 Å². The summed E-state index contributed by atoms with van der Waals surface area (Å²) in [5.74, 6) is -1.65. The second kappa shape index (κ2) is 12.9. The highest BCUT2D eigenvalue weighted by atomic mass is 32.2. The lowest BCUT2D eigenvalue weighted by atomic mass is 9.94. The van der Waals surface area contributed by atoms with Gasteiger partial charge < -0.3 is 4.42 Å². The molecule has 0 radical (unpaired) electrons. The molecule has 0 fully saturated rings. The molecule has 0 N–H and O–H groups in total. The minimum Gasteiger partial charge on any atom is -0.460 e. The summed E-state index contributed by atoms with van der Waals surface area (Å²) in [7, 11) is -0.922. The second-order valence-corrected chi connectivity index (χ2v) is 13.9. The summed E-state index contributed by atoms with van der Waals surface area (Å²) in [6.45, 7) is 13.9. The van der Waals surface area contributed by atoms with Crippen LogP contribution in [-0.4, -0.2) is 5.78 Å². The monoisotopic (exact) mass is 633 g/mol. The standard InChI is InChI=1S/C35H30F3O2S2.C2H6/c1-6-7-8-28-34(35(39)22-11-18(2)21(5)19(3)12-22)24-10-9-23(14-29(24)40-28)42-32-16-25(36)20(4)13-30(32)41-31-15-26(37)27(38)17-33(31)42;1-2/h9-17H,6-8H2,1-5H3;1-2H3/q+1;. The first-order valence-electron chi connectivity index (χ1n) is 15.0. The van der Waals surface area contributed by atoms with Gasteiger partial charge in [0.25, 0.3) is 0 Å². The van der Waals surface area contributed by atoms with Crippen LogP contribution in [0.3, 0.4) is 0 Å². The molecule has 44 heavy (non-hydrogen) atoms. The Morgan fingerprint density at radius 3 is 2.07 bits per heavy atom. The van der Waals surface area contributed by atoms with E-state index in [-0.39, 0.29) is 11.6 Å². The summed E-state index contributed by atoms with van der Waals surface area (Å²) < 4.78 is 50.1. The summed E-state index contributed by atoms with van der Waals surface area (Å²) in [6.07, 6.45) is 2.43. The number of unbranched alkanes of at least 4 members (excludes halogenated alkanes) is 1. The molecular weight excluding hydrogens is 598 g/mol. The van der Waals surface area contributed by atoms with Crippen LogP contribution in [0, 0.1) is 45.1 Å². The molecule has 0 saturated carbocycles. The molecule has 0 aliphatic carbocycles.